The van der Waals surface area contributed by atoms with E-state index in [1.165, 1.54) is 22.8 Å². The second kappa shape index (κ2) is 10.7. The van der Waals surface area contributed by atoms with Crippen LogP contribution in [0.4, 0.5) is 0 Å². The Labute approximate surface area is 212 Å². The van der Waals surface area contributed by atoms with Gasteiger partial charge in [0, 0.05) is 23.9 Å². The number of nitrogens with zero attached hydrogens (tertiary/aromatic N) is 3. The van der Waals surface area contributed by atoms with Gasteiger partial charge in [-0.05, 0) is 56.4 Å². The molecule has 11 heteroatoms. The fraction of sp³-hybridized carbons (Fsp3) is 0.375. The minimum Gasteiger partial charge on any atom is -0.468 e. The normalized spacial score (nSPS) is 16.0. The van der Waals surface area contributed by atoms with Crippen molar-refractivity contribution in [2.24, 2.45) is 10.9 Å². The molecule has 0 unspecified atom stereocenters. The highest BCUT2D eigenvalue weighted by atomic mass is 32.2. The standard InChI is InChI=1S/C24H27N3O5S3/c1-16-4-7-19(8-5-16)35(30,31)26-12-10-17(11-13-26)23(29)25-24-27(15-22(28)32-2)20-9-6-18(33-3)14-21(20)34-24/h4-9,14,17H,10-13,15H2,1-3H3. The smallest absolute Gasteiger partial charge is 0.325 e. The molecule has 0 bridgehead atoms. The van der Waals surface area contributed by atoms with Gasteiger partial charge < -0.3 is 9.30 Å². The van der Waals surface area contributed by atoms with Crippen LogP contribution in [0.3, 0.4) is 0 Å². The first-order chi connectivity index (χ1) is 16.7. The van der Waals surface area contributed by atoms with Gasteiger partial charge in [0.1, 0.15) is 6.54 Å². The number of benzene rings is 2. The lowest BCUT2D eigenvalue weighted by molar-refractivity contribution is -0.141. The van der Waals surface area contributed by atoms with Gasteiger partial charge in [-0.1, -0.05) is 29.0 Å². The van der Waals surface area contributed by atoms with Gasteiger partial charge in [-0.25, -0.2) is 8.42 Å². The molecule has 35 heavy (non-hydrogen) atoms. The Morgan fingerprint density at radius 2 is 1.83 bits per heavy atom. The van der Waals surface area contributed by atoms with Crippen LogP contribution in [0, 0.1) is 12.8 Å². The van der Waals surface area contributed by atoms with Gasteiger partial charge in [-0.15, -0.1) is 11.8 Å². The zero-order valence-corrected chi connectivity index (χ0v) is 22.2. The van der Waals surface area contributed by atoms with E-state index in [9.17, 15) is 18.0 Å². The average Bonchev–Trinajstić information content (AvgIpc) is 3.19. The summed E-state index contributed by atoms with van der Waals surface area (Å²) in [6.07, 6.45) is 2.77. The zero-order chi connectivity index (χ0) is 25.2. The van der Waals surface area contributed by atoms with E-state index in [2.05, 4.69) is 4.99 Å². The molecule has 8 nitrogen and oxygen atoms in total. The molecule has 0 N–H and O–H groups in total. The number of sulfonamides is 1. The molecule has 1 aliphatic heterocycles. The van der Waals surface area contributed by atoms with Crippen LogP contribution in [0.5, 0.6) is 0 Å². The molecule has 186 valence electrons. The number of rotatable bonds is 6. The number of fused-ring (bicyclic) bond motifs is 1. The fourth-order valence-corrected chi connectivity index (χ4v) is 7.06. The maximum absolute atomic E-state index is 13.1. The number of thiazole rings is 1. The molecule has 1 fully saturated rings. The molecule has 0 spiro atoms. The van der Waals surface area contributed by atoms with Crippen molar-refractivity contribution in [1.82, 2.24) is 8.87 Å². The van der Waals surface area contributed by atoms with Gasteiger partial charge in [-0.2, -0.15) is 9.30 Å². The number of piperidine rings is 1. The number of carbonyl (C=O) groups excluding carboxylic acids is 2. The predicted molar refractivity (Wildman–Crippen MR) is 137 cm³/mol. The number of esters is 1. The number of carbonyl (C=O) groups is 2. The summed E-state index contributed by atoms with van der Waals surface area (Å²) < 4.78 is 34.8. The van der Waals surface area contributed by atoms with Crippen LogP contribution in [-0.2, 0) is 30.9 Å². The Morgan fingerprint density at radius 1 is 1.14 bits per heavy atom. The molecule has 0 aliphatic carbocycles. The van der Waals surface area contributed by atoms with E-state index >= 15 is 0 Å². The minimum atomic E-state index is -3.60. The Bertz CT molecular complexity index is 1420. The molecule has 2 aromatic carbocycles. The number of amides is 1. The summed E-state index contributed by atoms with van der Waals surface area (Å²) in [4.78, 5) is 31.2. The lowest BCUT2D eigenvalue weighted by Crippen LogP contribution is -2.40. The van der Waals surface area contributed by atoms with Crippen molar-refractivity contribution in [3.05, 3.63) is 52.8 Å². The summed E-state index contributed by atoms with van der Waals surface area (Å²) in [5.74, 6) is -1.10. The summed E-state index contributed by atoms with van der Waals surface area (Å²) in [5.41, 5.74) is 1.80. The summed E-state index contributed by atoms with van der Waals surface area (Å²) in [6.45, 7) is 2.38. The number of aromatic nitrogens is 1. The summed E-state index contributed by atoms with van der Waals surface area (Å²) >= 11 is 2.96. The molecule has 1 saturated heterocycles. The monoisotopic (exact) mass is 533 g/mol. The average molecular weight is 534 g/mol. The maximum atomic E-state index is 13.1. The van der Waals surface area contributed by atoms with Crippen molar-refractivity contribution in [2.75, 3.05) is 26.5 Å². The summed E-state index contributed by atoms with van der Waals surface area (Å²) in [7, 11) is -2.27. The Hall–Kier alpha value is -2.47. The molecular formula is C24H27N3O5S3. The highest BCUT2D eigenvalue weighted by Crippen LogP contribution is 2.26. The van der Waals surface area contributed by atoms with E-state index < -0.39 is 16.0 Å². The van der Waals surface area contributed by atoms with Crippen LogP contribution >= 0.6 is 23.1 Å². The molecule has 1 aromatic heterocycles. The van der Waals surface area contributed by atoms with Crippen molar-refractivity contribution >= 4 is 55.2 Å². The summed E-state index contributed by atoms with van der Waals surface area (Å²) in [6, 6.07) is 12.7. The van der Waals surface area contributed by atoms with Gasteiger partial charge >= 0.3 is 5.97 Å². The summed E-state index contributed by atoms with van der Waals surface area (Å²) in [5, 5.41) is 0. The van der Waals surface area contributed by atoms with Crippen LogP contribution in [0.25, 0.3) is 10.2 Å². The van der Waals surface area contributed by atoms with Crippen LogP contribution in [-0.4, -0.2) is 55.6 Å². The van der Waals surface area contributed by atoms with Gasteiger partial charge in [0.15, 0.2) is 4.80 Å². The van der Waals surface area contributed by atoms with Gasteiger partial charge in [0.25, 0.3) is 5.91 Å². The molecule has 0 radical (unpaired) electrons. The topological polar surface area (TPSA) is 98.0 Å². The minimum absolute atomic E-state index is 0.0472. The number of ether oxygens (including phenoxy) is 1. The second-order valence-corrected chi connectivity index (χ2v) is 12.1. The van der Waals surface area contributed by atoms with Crippen molar-refractivity contribution in [2.45, 2.75) is 36.1 Å². The van der Waals surface area contributed by atoms with Gasteiger partial charge in [0.2, 0.25) is 10.0 Å². The van der Waals surface area contributed by atoms with E-state index in [0.717, 1.165) is 20.7 Å². The van der Waals surface area contributed by atoms with Crippen LogP contribution in [0.2, 0.25) is 0 Å². The largest absolute Gasteiger partial charge is 0.468 e. The van der Waals surface area contributed by atoms with Gasteiger partial charge in [0.05, 0.1) is 22.2 Å². The van der Waals surface area contributed by atoms with Crippen molar-refractivity contribution in [1.29, 1.82) is 0 Å². The lowest BCUT2D eigenvalue weighted by Gasteiger charge is -2.29. The molecule has 0 saturated carbocycles. The molecule has 2 heterocycles. The van der Waals surface area contributed by atoms with E-state index in [1.54, 1.807) is 40.6 Å². The maximum Gasteiger partial charge on any atom is 0.325 e. The first kappa shape index (κ1) is 25.6. The first-order valence-electron chi connectivity index (χ1n) is 11.1. The predicted octanol–water partition coefficient (Wildman–Crippen LogP) is 3.43. The van der Waals surface area contributed by atoms with Crippen LogP contribution in [0.15, 0.2) is 57.2 Å². The lowest BCUT2D eigenvalue weighted by atomic mass is 9.98. The Morgan fingerprint density at radius 3 is 2.46 bits per heavy atom. The SMILES string of the molecule is COC(=O)Cn1c(=NC(=O)C2CCN(S(=O)(=O)c3ccc(C)cc3)CC2)sc2cc(SC)ccc21. The first-order valence-corrected chi connectivity index (χ1v) is 14.6. The third kappa shape index (κ3) is 5.53. The zero-order valence-electron chi connectivity index (χ0n) is 19.8. The third-order valence-corrected chi connectivity index (χ3v) is 9.75. The number of hydrogen-bond donors (Lipinski definition) is 0. The van der Waals surface area contributed by atoms with Crippen molar-refractivity contribution in [3.63, 3.8) is 0 Å². The molecular weight excluding hydrogens is 506 g/mol. The third-order valence-electron chi connectivity index (χ3n) is 6.07. The molecule has 3 aromatic rings. The Balaban J connectivity index is 1.55. The van der Waals surface area contributed by atoms with Crippen molar-refractivity contribution in [3.8, 4) is 0 Å². The molecule has 1 amide bonds. The highest BCUT2D eigenvalue weighted by molar-refractivity contribution is 7.98. The van der Waals surface area contributed by atoms with E-state index in [-0.39, 0.29) is 36.4 Å². The van der Waals surface area contributed by atoms with E-state index in [1.807, 2.05) is 31.4 Å². The number of aryl methyl sites for hydroxylation is 1. The number of hydrogen-bond acceptors (Lipinski definition) is 7. The number of methoxy groups -OCH3 is 1. The fourth-order valence-electron chi connectivity index (χ4n) is 4.00. The number of thioether (sulfide) groups is 1. The quantitative estimate of drug-likeness (QED) is 0.356. The Kier molecular flexibility index (Phi) is 7.80. The van der Waals surface area contributed by atoms with Crippen LogP contribution < -0.4 is 4.80 Å². The highest BCUT2D eigenvalue weighted by Gasteiger charge is 2.32. The van der Waals surface area contributed by atoms with E-state index in [4.69, 9.17) is 4.74 Å². The molecule has 1 aliphatic rings. The second-order valence-electron chi connectivity index (χ2n) is 8.32. The molecule has 0 atom stereocenters. The molecule has 4 rings (SSSR count). The van der Waals surface area contributed by atoms with Crippen LogP contribution in [0.1, 0.15) is 18.4 Å². The van der Waals surface area contributed by atoms with Crippen molar-refractivity contribution < 1.29 is 22.7 Å². The van der Waals surface area contributed by atoms with Gasteiger partial charge in [-0.3, -0.25) is 9.59 Å². The van der Waals surface area contributed by atoms with E-state index in [0.29, 0.717) is 17.6 Å².